The Morgan fingerprint density at radius 2 is 2.21 bits per heavy atom. The molecule has 1 aliphatic heterocycles. The van der Waals surface area contributed by atoms with E-state index in [0.29, 0.717) is 0 Å². The van der Waals surface area contributed by atoms with Crippen molar-refractivity contribution in [2.45, 2.75) is 50.9 Å². The lowest BCUT2D eigenvalue weighted by molar-refractivity contribution is -0.123. The smallest absolute Gasteiger partial charge is 0.112 e. The minimum Gasteiger partial charge on any atom is -0.363 e. The maximum absolute atomic E-state index is 6.07. The van der Waals surface area contributed by atoms with Gasteiger partial charge in [-0.25, -0.2) is 5.01 Å². The molecule has 1 unspecified atom stereocenters. The number of hydrazine groups is 1. The predicted octanol–water partition coefficient (Wildman–Crippen LogP) is 1.03. The van der Waals surface area contributed by atoms with E-state index < -0.39 is 0 Å². The van der Waals surface area contributed by atoms with Crippen molar-refractivity contribution in [3.63, 3.8) is 0 Å². The SMILES string of the molecule is CCC[SiH2]C1(N(N)CC)CCCCO1. The average Bonchev–Trinajstić information content (AvgIpc) is 2.26. The van der Waals surface area contributed by atoms with Crippen molar-refractivity contribution in [3.8, 4) is 0 Å². The van der Waals surface area contributed by atoms with Gasteiger partial charge in [0, 0.05) is 13.2 Å². The molecule has 4 heteroatoms. The number of nitrogens with zero attached hydrogens (tertiary/aromatic N) is 1. The van der Waals surface area contributed by atoms with Crippen LogP contribution in [-0.2, 0) is 4.74 Å². The monoisotopic (exact) mass is 216 g/mol. The van der Waals surface area contributed by atoms with Gasteiger partial charge in [-0.15, -0.1) is 0 Å². The molecule has 1 rings (SSSR count). The van der Waals surface area contributed by atoms with Crippen molar-refractivity contribution >= 4 is 9.52 Å². The van der Waals surface area contributed by atoms with E-state index in [9.17, 15) is 0 Å². The number of rotatable bonds is 5. The molecule has 0 aromatic rings. The predicted molar refractivity (Wildman–Crippen MR) is 62.7 cm³/mol. The molecule has 1 saturated heterocycles. The molecule has 2 N–H and O–H groups in total. The third kappa shape index (κ3) is 2.79. The van der Waals surface area contributed by atoms with Gasteiger partial charge >= 0.3 is 0 Å². The van der Waals surface area contributed by atoms with E-state index in [0.717, 1.165) is 19.6 Å². The summed E-state index contributed by atoms with van der Waals surface area (Å²) in [5, 5.41) is 1.94. The zero-order chi connectivity index (χ0) is 10.4. The highest BCUT2D eigenvalue weighted by Crippen LogP contribution is 2.26. The first-order valence-corrected chi connectivity index (χ1v) is 7.62. The summed E-state index contributed by atoms with van der Waals surface area (Å²) < 4.78 is 5.98. The lowest BCUT2D eigenvalue weighted by atomic mass is 10.2. The first kappa shape index (κ1) is 12.2. The summed E-state index contributed by atoms with van der Waals surface area (Å²) >= 11 is 0. The highest BCUT2D eigenvalue weighted by Gasteiger charge is 2.36. The minimum absolute atomic E-state index is 0.0109. The van der Waals surface area contributed by atoms with E-state index in [2.05, 4.69) is 13.8 Å². The van der Waals surface area contributed by atoms with Gasteiger partial charge in [-0.2, -0.15) is 0 Å². The van der Waals surface area contributed by atoms with Crippen LogP contribution in [0.4, 0.5) is 0 Å². The van der Waals surface area contributed by atoms with Gasteiger partial charge < -0.3 is 4.74 Å². The van der Waals surface area contributed by atoms with Gasteiger partial charge in [0.15, 0.2) is 0 Å². The molecule has 0 saturated carbocycles. The van der Waals surface area contributed by atoms with E-state index in [-0.39, 0.29) is 14.9 Å². The molecule has 0 amide bonds. The van der Waals surface area contributed by atoms with Gasteiger partial charge in [0.25, 0.3) is 0 Å². The van der Waals surface area contributed by atoms with E-state index in [1.165, 1.54) is 25.3 Å². The molecule has 0 bridgehead atoms. The van der Waals surface area contributed by atoms with Crippen LogP contribution in [0.3, 0.4) is 0 Å². The fourth-order valence-electron chi connectivity index (χ4n) is 2.15. The van der Waals surface area contributed by atoms with Crippen LogP contribution in [0, 0.1) is 0 Å². The summed E-state index contributed by atoms with van der Waals surface area (Å²) in [7, 11) is -0.221. The normalized spacial score (nSPS) is 29.1. The number of hydrogen-bond donors (Lipinski definition) is 1. The van der Waals surface area contributed by atoms with Crippen LogP contribution in [-0.4, -0.2) is 33.0 Å². The number of hydrogen-bond acceptors (Lipinski definition) is 3. The average molecular weight is 216 g/mol. The van der Waals surface area contributed by atoms with Crippen LogP contribution in [0.2, 0.25) is 6.04 Å². The van der Waals surface area contributed by atoms with Gasteiger partial charge in [-0.3, -0.25) is 5.84 Å². The lowest BCUT2D eigenvalue weighted by Gasteiger charge is -2.43. The number of ether oxygens (including phenoxy) is 1. The first-order valence-electron chi connectivity index (χ1n) is 5.91. The molecular weight excluding hydrogens is 192 g/mol. The Balaban J connectivity index is 2.56. The molecule has 84 valence electrons. The second-order valence-corrected chi connectivity index (χ2v) is 6.45. The van der Waals surface area contributed by atoms with E-state index in [4.69, 9.17) is 10.6 Å². The Labute approximate surface area is 89.8 Å². The molecule has 3 nitrogen and oxygen atoms in total. The van der Waals surface area contributed by atoms with Crippen LogP contribution in [0.1, 0.15) is 39.5 Å². The van der Waals surface area contributed by atoms with Crippen molar-refractivity contribution in [2.24, 2.45) is 5.84 Å². The highest BCUT2D eigenvalue weighted by molar-refractivity contribution is 6.39. The van der Waals surface area contributed by atoms with Gasteiger partial charge in [0.2, 0.25) is 0 Å². The summed E-state index contributed by atoms with van der Waals surface area (Å²) in [6, 6.07) is 1.34. The van der Waals surface area contributed by atoms with Crippen LogP contribution < -0.4 is 5.84 Å². The van der Waals surface area contributed by atoms with Crippen molar-refractivity contribution in [1.29, 1.82) is 0 Å². The van der Waals surface area contributed by atoms with Crippen molar-refractivity contribution in [1.82, 2.24) is 5.01 Å². The quantitative estimate of drug-likeness (QED) is 0.424. The largest absolute Gasteiger partial charge is 0.363 e. The third-order valence-corrected chi connectivity index (χ3v) is 5.92. The molecule has 14 heavy (non-hydrogen) atoms. The lowest BCUT2D eigenvalue weighted by Crippen LogP contribution is -2.59. The van der Waals surface area contributed by atoms with Gasteiger partial charge in [-0.1, -0.05) is 26.3 Å². The minimum atomic E-state index is -0.221. The fraction of sp³-hybridized carbons (Fsp3) is 1.00. The molecule has 0 radical (unpaired) electrons. The van der Waals surface area contributed by atoms with Crippen molar-refractivity contribution in [2.75, 3.05) is 13.2 Å². The summed E-state index contributed by atoms with van der Waals surface area (Å²) in [4.78, 5) is 0. The molecule has 0 aliphatic carbocycles. The zero-order valence-electron chi connectivity index (χ0n) is 9.59. The van der Waals surface area contributed by atoms with Crippen molar-refractivity contribution in [3.05, 3.63) is 0 Å². The Morgan fingerprint density at radius 3 is 2.71 bits per heavy atom. The Morgan fingerprint density at radius 1 is 1.43 bits per heavy atom. The summed E-state index contributed by atoms with van der Waals surface area (Å²) in [5.74, 6) is 6.07. The van der Waals surface area contributed by atoms with E-state index in [1.54, 1.807) is 0 Å². The zero-order valence-corrected chi connectivity index (χ0v) is 11.0. The molecule has 0 spiro atoms. The molecule has 1 atom stereocenters. The van der Waals surface area contributed by atoms with E-state index >= 15 is 0 Å². The van der Waals surface area contributed by atoms with E-state index in [1.807, 2.05) is 5.01 Å². The summed E-state index contributed by atoms with van der Waals surface area (Å²) in [6.45, 7) is 6.16. The van der Waals surface area contributed by atoms with Gasteiger partial charge in [-0.05, 0) is 19.3 Å². The molecule has 1 fully saturated rings. The standard InChI is InChI=1S/C10H24N2OSi/c1-3-9-14-10(12(11)4-2)7-5-6-8-13-10/h3-9,11,14H2,1-2H3. The van der Waals surface area contributed by atoms with Gasteiger partial charge in [0.05, 0.1) is 9.52 Å². The molecule has 0 aromatic heterocycles. The Bertz CT molecular complexity index is 160. The van der Waals surface area contributed by atoms with Gasteiger partial charge in [0.1, 0.15) is 5.35 Å². The second kappa shape index (κ2) is 5.85. The summed E-state index contributed by atoms with van der Waals surface area (Å²) in [5.41, 5.74) is 0. The maximum atomic E-state index is 6.07. The molecule has 0 aromatic carbocycles. The topological polar surface area (TPSA) is 38.5 Å². The third-order valence-electron chi connectivity index (χ3n) is 3.12. The first-order chi connectivity index (χ1) is 6.75. The summed E-state index contributed by atoms with van der Waals surface area (Å²) in [6.07, 6.45) is 4.92. The maximum Gasteiger partial charge on any atom is 0.112 e. The van der Waals surface area contributed by atoms with Crippen LogP contribution in [0.15, 0.2) is 0 Å². The van der Waals surface area contributed by atoms with Crippen LogP contribution >= 0.6 is 0 Å². The second-order valence-electron chi connectivity index (χ2n) is 4.14. The Hall–Kier alpha value is 0.0969. The highest BCUT2D eigenvalue weighted by atomic mass is 28.2. The molecular formula is C10H24N2OSi. The van der Waals surface area contributed by atoms with Crippen molar-refractivity contribution < 1.29 is 4.74 Å². The number of nitrogens with two attached hydrogens (primary N) is 1. The molecule has 1 heterocycles. The van der Waals surface area contributed by atoms with Crippen LogP contribution in [0.25, 0.3) is 0 Å². The Kier molecular flexibility index (Phi) is 5.09. The fourth-order valence-corrected chi connectivity index (χ4v) is 4.35. The molecule has 1 aliphatic rings. The van der Waals surface area contributed by atoms with Crippen LogP contribution in [0.5, 0.6) is 0 Å².